The van der Waals surface area contributed by atoms with E-state index in [9.17, 15) is 5.11 Å². The van der Waals surface area contributed by atoms with E-state index in [1.807, 2.05) is 12.1 Å². The molecular weight excluding hydrogens is 236 g/mol. The van der Waals surface area contributed by atoms with Gasteiger partial charge in [0.05, 0.1) is 0 Å². The van der Waals surface area contributed by atoms with Crippen LogP contribution in [0.5, 0.6) is 5.75 Å². The third-order valence-electron chi connectivity index (χ3n) is 2.79. The molecule has 0 aliphatic carbocycles. The topological polar surface area (TPSA) is 20.2 Å². The van der Waals surface area contributed by atoms with E-state index in [-0.39, 0.29) is 48.6 Å². The molecule has 0 amide bonds. The number of rotatable bonds is 0. The quantitative estimate of drug-likeness (QED) is 0.711. The molecule has 93 valence electrons. The molecule has 0 aliphatic rings. The van der Waals surface area contributed by atoms with Gasteiger partial charge in [-0.05, 0) is 34.4 Å². The predicted molar refractivity (Wildman–Crippen MR) is 78.5 cm³/mol. The summed E-state index contributed by atoms with van der Waals surface area (Å²) in [5.74, 6) is 0.424. The van der Waals surface area contributed by atoms with Gasteiger partial charge in [-0.2, -0.15) is 0 Å². The van der Waals surface area contributed by atoms with Gasteiger partial charge in [0.15, 0.2) is 0 Å². The summed E-state index contributed by atoms with van der Waals surface area (Å²) in [5.41, 5.74) is 2.80. The van der Waals surface area contributed by atoms with Gasteiger partial charge in [0.2, 0.25) is 0 Å². The van der Waals surface area contributed by atoms with Gasteiger partial charge in [0.25, 0.3) is 0 Å². The van der Waals surface area contributed by atoms with Crippen molar-refractivity contribution in [2.75, 3.05) is 0 Å². The maximum absolute atomic E-state index is 10.4. The normalized spacial score (nSPS) is 12.2. The van der Waals surface area contributed by atoms with Crippen LogP contribution < -0.4 is 0 Å². The summed E-state index contributed by atoms with van der Waals surface area (Å²) in [4.78, 5) is 0. The van der Waals surface area contributed by atoms with Gasteiger partial charge in [-0.25, -0.2) is 0 Å². The molecule has 17 heavy (non-hydrogen) atoms. The van der Waals surface area contributed by atoms with Crippen molar-refractivity contribution < 1.29 is 5.11 Å². The monoisotopic (exact) mass is 261 g/mol. The molecule has 0 unspecified atom stereocenters. The first kappa shape index (κ1) is 17.3. The first-order valence-corrected chi connectivity index (χ1v) is 5.73. The zero-order valence-corrected chi connectivity index (χ0v) is 11.3. The Bertz CT molecular complexity index is 359. The molecular formula is C15H25CaO. The molecule has 0 aliphatic heterocycles. The van der Waals surface area contributed by atoms with E-state index in [4.69, 9.17) is 0 Å². The molecule has 0 saturated carbocycles. The summed E-state index contributed by atoms with van der Waals surface area (Å²) in [6.07, 6.45) is 0. The van der Waals surface area contributed by atoms with E-state index in [1.54, 1.807) is 0 Å². The van der Waals surface area contributed by atoms with Crippen LogP contribution in [0.15, 0.2) is 12.1 Å². The van der Waals surface area contributed by atoms with E-state index < -0.39 is 0 Å². The van der Waals surface area contributed by atoms with Crippen LogP contribution >= 0.6 is 0 Å². The number of hydrogen-bond acceptors (Lipinski definition) is 1. The van der Waals surface area contributed by atoms with Gasteiger partial charge in [-0.3, -0.25) is 0 Å². The minimum atomic E-state index is -0.0578. The van der Waals surface area contributed by atoms with Crippen molar-refractivity contribution in [1.29, 1.82) is 0 Å². The fourth-order valence-electron chi connectivity index (χ4n) is 1.84. The zero-order valence-electron chi connectivity index (χ0n) is 11.3. The van der Waals surface area contributed by atoms with Crippen LogP contribution in [0.2, 0.25) is 0 Å². The van der Waals surface area contributed by atoms with E-state index in [0.717, 1.165) is 16.7 Å². The molecule has 1 aromatic carbocycles. The standard InChI is InChI=1S/C15H23O.Ca.2H/c1-10-8-11(14(2,3)4)13(16)12(9-10)15(5,6)7;;;/h8-9,16H,1H2,2-7H3;;;. The van der Waals surface area contributed by atoms with Crippen molar-refractivity contribution >= 4 is 37.7 Å². The van der Waals surface area contributed by atoms with Crippen LogP contribution in [0.1, 0.15) is 58.2 Å². The fourth-order valence-corrected chi connectivity index (χ4v) is 1.84. The van der Waals surface area contributed by atoms with Crippen LogP contribution in [0.4, 0.5) is 0 Å². The van der Waals surface area contributed by atoms with Crippen molar-refractivity contribution in [3.8, 4) is 5.75 Å². The molecule has 1 aromatic rings. The second kappa shape index (κ2) is 5.50. The molecule has 0 heterocycles. The summed E-state index contributed by atoms with van der Waals surface area (Å²) >= 11 is 0. The SMILES string of the molecule is [CH2]c1cc(C(C)(C)C)c(O)c(C(C)(C)C)c1.[CaH2]. The third-order valence-corrected chi connectivity index (χ3v) is 2.79. The molecule has 1 nitrogen and oxygen atoms in total. The van der Waals surface area contributed by atoms with Gasteiger partial charge < -0.3 is 5.11 Å². The Balaban J connectivity index is 0.00000256. The Morgan fingerprint density at radius 2 is 1.18 bits per heavy atom. The Morgan fingerprint density at radius 3 is 1.41 bits per heavy atom. The maximum atomic E-state index is 10.4. The Labute approximate surface area is 136 Å². The third kappa shape index (κ3) is 4.15. The molecule has 0 spiro atoms. The molecule has 0 aromatic heterocycles. The van der Waals surface area contributed by atoms with Crippen LogP contribution in [-0.2, 0) is 10.8 Å². The number of phenols is 1. The Kier molecular flexibility index (Phi) is 5.59. The summed E-state index contributed by atoms with van der Waals surface area (Å²) in [6, 6.07) is 3.95. The van der Waals surface area contributed by atoms with Crippen LogP contribution in [0, 0.1) is 6.92 Å². The minimum absolute atomic E-state index is 0. The van der Waals surface area contributed by atoms with E-state index in [2.05, 4.69) is 48.5 Å². The average molecular weight is 261 g/mol. The number of benzene rings is 1. The second-order valence-corrected chi connectivity index (χ2v) is 6.54. The van der Waals surface area contributed by atoms with E-state index >= 15 is 0 Å². The average Bonchev–Trinajstić information content (AvgIpc) is 2.04. The summed E-state index contributed by atoms with van der Waals surface area (Å²) in [6.45, 7) is 16.6. The van der Waals surface area contributed by atoms with E-state index in [1.165, 1.54) is 0 Å². The van der Waals surface area contributed by atoms with Crippen molar-refractivity contribution in [2.45, 2.75) is 52.4 Å². The number of hydrogen-bond donors (Lipinski definition) is 1. The molecule has 0 fully saturated rings. The second-order valence-electron chi connectivity index (χ2n) is 6.54. The molecule has 0 bridgehead atoms. The fraction of sp³-hybridized carbons (Fsp3) is 0.533. The summed E-state index contributed by atoms with van der Waals surface area (Å²) in [5, 5.41) is 10.4. The van der Waals surface area contributed by atoms with Gasteiger partial charge in [-0.1, -0.05) is 53.7 Å². The van der Waals surface area contributed by atoms with Gasteiger partial charge >= 0.3 is 37.7 Å². The molecule has 0 atom stereocenters. The van der Waals surface area contributed by atoms with Crippen molar-refractivity contribution in [3.05, 3.63) is 35.7 Å². The predicted octanol–water partition coefficient (Wildman–Crippen LogP) is 3.25. The van der Waals surface area contributed by atoms with Gasteiger partial charge in [0, 0.05) is 0 Å². The molecule has 0 saturated heterocycles. The van der Waals surface area contributed by atoms with Crippen molar-refractivity contribution in [2.24, 2.45) is 0 Å². The van der Waals surface area contributed by atoms with Crippen molar-refractivity contribution in [3.63, 3.8) is 0 Å². The first-order valence-electron chi connectivity index (χ1n) is 5.73. The van der Waals surface area contributed by atoms with Crippen molar-refractivity contribution in [1.82, 2.24) is 0 Å². The van der Waals surface area contributed by atoms with Crippen LogP contribution in [0.3, 0.4) is 0 Å². The molecule has 1 rings (SSSR count). The molecule has 1 N–H and O–H groups in total. The number of phenolic OH excluding ortho intramolecular Hbond substituents is 1. The van der Waals surface area contributed by atoms with Gasteiger partial charge in [0.1, 0.15) is 5.75 Å². The number of aromatic hydroxyl groups is 1. The Hall–Kier alpha value is 0.280. The van der Waals surface area contributed by atoms with Gasteiger partial charge in [-0.15, -0.1) is 0 Å². The Morgan fingerprint density at radius 1 is 0.882 bits per heavy atom. The first-order chi connectivity index (χ1) is 7.03. The van der Waals surface area contributed by atoms with Crippen LogP contribution in [0.25, 0.3) is 0 Å². The van der Waals surface area contributed by atoms with E-state index in [0.29, 0.717) is 5.75 Å². The summed E-state index contributed by atoms with van der Waals surface area (Å²) in [7, 11) is 0. The summed E-state index contributed by atoms with van der Waals surface area (Å²) < 4.78 is 0. The van der Waals surface area contributed by atoms with Crippen LogP contribution in [-0.4, -0.2) is 42.8 Å². The molecule has 1 radical (unpaired) electrons. The zero-order chi connectivity index (χ0) is 12.7. The molecule has 2 heteroatoms.